The summed E-state index contributed by atoms with van der Waals surface area (Å²) in [5, 5.41) is -0.466. The molecule has 3 nitrogen and oxygen atoms in total. The third-order valence-electron chi connectivity index (χ3n) is 3.72. The molecule has 0 amide bonds. The first kappa shape index (κ1) is 16.2. The van der Waals surface area contributed by atoms with Crippen molar-refractivity contribution >= 4 is 22.3 Å². The van der Waals surface area contributed by atoms with Crippen LogP contribution in [0.3, 0.4) is 0 Å². The zero-order valence-corrected chi connectivity index (χ0v) is 12.5. The van der Waals surface area contributed by atoms with Crippen LogP contribution in [0.2, 0.25) is 0 Å². The standard InChI is InChI=1S/C13H17BF3O3S/c1-21(18,19)13-7-3-6-12(9-13)20-11-5-2-4-10(8-11)14(15,16)17/h2,4-5,8,12-13H,3,6-7,9H2,1H3/q-1. The Morgan fingerprint density at radius 2 is 1.95 bits per heavy atom. The molecule has 2 rings (SSSR count). The molecule has 118 valence electrons. The molecule has 1 saturated carbocycles. The molecule has 1 aliphatic carbocycles. The summed E-state index contributed by atoms with van der Waals surface area (Å²) in [6.45, 7) is -5.06. The van der Waals surface area contributed by atoms with Crippen LogP contribution in [0.15, 0.2) is 24.3 Å². The van der Waals surface area contributed by atoms with Crippen LogP contribution in [0, 0.1) is 0 Å². The van der Waals surface area contributed by atoms with Crippen molar-refractivity contribution in [2.45, 2.75) is 37.0 Å². The molecule has 0 aliphatic heterocycles. The van der Waals surface area contributed by atoms with Crippen molar-refractivity contribution in [3.8, 4) is 5.75 Å². The van der Waals surface area contributed by atoms with Gasteiger partial charge in [-0.25, -0.2) is 8.42 Å². The smallest absolute Gasteiger partial charge is 0.491 e. The maximum absolute atomic E-state index is 12.7. The van der Waals surface area contributed by atoms with E-state index in [2.05, 4.69) is 0 Å². The summed E-state index contributed by atoms with van der Waals surface area (Å²) in [7, 11) is -3.14. The largest absolute Gasteiger partial charge is 0.509 e. The predicted molar refractivity (Wildman–Crippen MR) is 76.7 cm³/mol. The second-order valence-corrected chi connectivity index (χ2v) is 7.83. The summed E-state index contributed by atoms with van der Waals surface area (Å²) in [6, 6.07) is 4.75. The lowest BCUT2D eigenvalue weighted by molar-refractivity contribution is 0.156. The Labute approximate surface area is 122 Å². The van der Waals surface area contributed by atoms with Gasteiger partial charge in [0.2, 0.25) is 0 Å². The van der Waals surface area contributed by atoms with Gasteiger partial charge in [0.05, 0.1) is 11.4 Å². The predicted octanol–water partition coefficient (Wildman–Crippen LogP) is 2.48. The van der Waals surface area contributed by atoms with Gasteiger partial charge in [-0.3, -0.25) is 0 Å². The first-order valence-corrected chi connectivity index (χ1v) is 8.77. The first-order chi connectivity index (χ1) is 9.66. The van der Waals surface area contributed by atoms with Crippen molar-refractivity contribution in [2.75, 3.05) is 6.26 Å². The lowest BCUT2D eigenvalue weighted by Crippen LogP contribution is -2.35. The normalized spacial score (nSPS) is 23.8. The van der Waals surface area contributed by atoms with Crippen molar-refractivity contribution in [1.82, 2.24) is 0 Å². The van der Waals surface area contributed by atoms with Gasteiger partial charge < -0.3 is 17.7 Å². The van der Waals surface area contributed by atoms with Crippen LogP contribution in [0.4, 0.5) is 12.9 Å². The first-order valence-electron chi connectivity index (χ1n) is 6.81. The Hall–Kier alpha value is -1.18. The van der Waals surface area contributed by atoms with E-state index in [1.54, 1.807) is 0 Å². The molecule has 0 bridgehead atoms. The zero-order valence-electron chi connectivity index (χ0n) is 11.6. The van der Waals surface area contributed by atoms with Gasteiger partial charge >= 0.3 is 6.98 Å². The molecule has 8 heteroatoms. The summed E-state index contributed by atoms with van der Waals surface area (Å²) in [6.07, 6.45) is 3.12. The Morgan fingerprint density at radius 1 is 1.24 bits per heavy atom. The Balaban J connectivity index is 2.08. The van der Waals surface area contributed by atoms with Crippen molar-refractivity contribution in [1.29, 1.82) is 0 Å². The fraction of sp³-hybridized carbons (Fsp3) is 0.538. The highest BCUT2D eigenvalue weighted by atomic mass is 32.2. The maximum Gasteiger partial charge on any atom is 0.509 e. The molecule has 21 heavy (non-hydrogen) atoms. The minimum Gasteiger partial charge on any atom is -0.491 e. The molecule has 0 radical (unpaired) electrons. The summed E-state index contributed by atoms with van der Waals surface area (Å²) < 4.78 is 66.8. The number of ether oxygens (including phenoxy) is 1. The quantitative estimate of drug-likeness (QED) is 0.800. The number of hydrogen-bond donors (Lipinski definition) is 0. The van der Waals surface area contributed by atoms with Crippen LogP contribution in [-0.2, 0) is 9.84 Å². The molecule has 0 saturated heterocycles. The molecule has 1 aromatic carbocycles. The molecule has 1 aliphatic rings. The molecule has 2 unspecified atom stereocenters. The fourth-order valence-electron chi connectivity index (χ4n) is 2.58. The summed E-state index contributed by atoms with van der Waals surface area (Å²) in [5.41, 5.74) is -0.706. The van der Waals surface area contributed by atoms with Gasteiger partial charge in [-0.2, -0.15) is 0 Å². The minimum absolute atomic E-state index is 0.144. The molecule has 1 fully saturated rings. The molecule has 0 spiro atoms. The second kappa shape index (κ2) is 5.91. The van der Waals surface area contributed by atoms with Crippen molar-refractivity contribution in [3.63, 3.8) is 0 Å². The van der Waals surface area contributed by atoms with Crippen LogP contribution in [0.1, 0.15) is 25.7 Å². The van der Waals surface area contributed by atoms with Crippen LogP contribution in [-0.4, -0.2) is 33.0 Å². The second-order valence-electron chi connectivity index (χ2n) is 5.51. The average molecular weight is 321 g/mol. The van der Waals surface area contributed by atoms with E-state index in [1.165, 1.54) is 18.4 Å². The van der Waals surface area contributed by atoms with E-state index in [4.69, 9.17) is 4.74 Å². The highest BCUT2D eigenvalue weighted by Gasteiger charge is 2.30. The third-order valence-corrected chi connectivity index (χ3v) is 5.36. The number of sulfone groups is 1. The van der Waals surface area contributed by atoms with E-state index in [0.29, 0.717) is 25.7 Å². The number of hydrogen-bond acceptors (Lipinski definition) is 3. The monoisotopic (exact) mass is 321 g/mol. The van der Waals surface area contributed by atoms with E-state index in [1.807, 2.05) is 0 Å². The summed E-state index contributed by atoms with van der Waals surface area (Å²) >= 11 is 0. The summed E-state index contributed by atoms with van der Waals surface area (Å²) in [5.74, 6) is 0.144. The highest BCUT2D eigenvalue weighted by Crippen LogP contribution is 2.27. The Bertz CT molecular complexity index is 601. The lowest BCUT2D eigenvalue weighted by atomic mass is 9.80. The SMILES string of the molecule is CS(=O)(=O)C1CCCC(Oc2cccc([B-](F)(F)F)c2)C1. The third kappa shape index (κ3) is 4.39. The average Bonchev–Trinajstić information content (AvgIpc) is 2.37. The van der Waals surface area contributed by atoms with E-state index in [9.17, 15) is 21.4 Å². The lowest BCUT2D eigenvalue weighted by Gasteiger charge is -2.29. The summed E-state index contributed by atoms with van der Waals surface area (Å²) in [4.78, 5) is 0. The number of benzene rings is 1. The van der Waals surface area contributed by atoms with Gasteiger partial charge in [-0.15, -0.1) is 5.46 Å². The zero-order chi connectivity index (χ0) is 15.7. The highest BCUT2D eigenvalue weighted by molar-refractivity contribution is 7.91. The van der Waals surface area contributed by atoms with Crippen LogP contribution in [0.25, 0.3) is 0 Å². The van der Waals surface area contributed by atoms with Gasteiger partial charge in [0, 0.05) is 12.7 Å². The van der Waals surface area contributed by atoms with Gasteiger partial charge in [0.15, 0.2) is 0 Å². The van der Waals surface area contributed by atoms with E-state index in [0.717, 1.165) is 12.1 Å². The minimum atomic E-state index is -5.06. The van der Waals surface area contributed by atoms with E-state index < -0.39 is 27.5 Å². The number of rotatable bonds is 4. The molecule has 2 atom stereocenters. The maximum atomic E-state index is 12.7. The van der Waals surface area contributed by atoms with Crippen molar-refractivity contribution in [3.05, 3.63) is 24.3 Å². The molecule has 1 aromatic rings. The van der Waals surface area contributed by atoms with Gasteiger partial charge in [-0.05, 0) is 31.4 Å². The Morgan fingerprint density at radius 3 is 2.57 bits per heavy atom. The van der Waals surface area contributed by atoms with E-state index in [-0.39, 0.29) is 11.9 Å². The molecular weight excluding hydrogens is 304 g/mol. The van der Waals surface area contributed by atoms with Crippen LogP contribution in [0.5, 0.6) is 5.75 Å². The number of halogens is 3. The van der Waals surface area contributed by atoms with Gasteiger partial charge in [0.25, 0.3) is 0 Å². The fourth-order valence-corrected chi connectivity index (χ4v) is 3.74. The van der Waals surface area contributed by atoms with Gasteiger partial charge in [0.1, 0.15) is 15.6 Å². The topological polar surface area (TPSA) is 43.4 Å². The molecular formula is C13H17BF3O3S-. The molecule has 0 heterocycles. The molecule has 0 N–H and O–H groups in total. The van der Waals surface area contributed by atoms with Gasteiger partial charge in [-0.1, -0.05) is 12.1 Å². The van der Waals surface area contributed by atoms with Crippen molar-refractivity contribution < 1.29 is 26.1 Å². The van der Waals surface area contributed by atoms with E-state index >= 15 is 0 Å². The van der Waals surface area contributed by atoms with Crippen LogP contribution >= 0.6 is 0 Å². The Kier molecular flexibility index (Phi) is 4.56. The molecule has 0 aromatic heterocycles. The van der Waals surface area contributed by atoms with Crippen molar-refractivity contribution in [2.24, 2.45) is 0 Å². The van der Waals surface area contributed by atoms with Crippen LogP contribution < -0.4 is 10.2 Å².